The van der Waals surface area contributed by atoms with Crippen LogP contribution in [0.2, 0.25) is 0 Å². The van der Waals surface area contributed by atoms with Crippen molar-refractivity contribution in [3.8, 4) is 11.5 Å². The molecule has 1 fully saturated rings. The Hall–Kier alpha value is -3.60. The van der Waals surface area contributed by atoms with Gasteiger partial charge in [-0.1, -0.05) is 30.3 Å². The van der Waals surface area contributed by atoms with Crippen LogP contribution >= 0.6 is 0 Å². The van der Waals surface area contributed by atoms with E-state index in [2.05, 4.69) is 22.3 Å². The third-order valence-electron chi connectivity index (χ3n) is 6.92. The summed E-state index contributed by atoms with van der Waals surface area (Å²) in [5, 5.41) is 2.91. The number of hydrogen-bond acceptors (Lipinski definition) is 7. The highest BCUT2D eigenvalue weighted by Gasteiger charge is 2.37. The summed E-state index contributed by atoms with van der Waals surface area (Å²) >= 11 is 0. The Labute approximate surface area is 229 Å². The maximum atomic E-state index is 13.7. The summed E-state index contributed by atoms with van der Waals surface area (Å²) in [7, 11) is -2.44. The first-order valence-corrected chi connectivity index (χ1v) is 14.4. The van der Waals surface area contributed by atoms with Gasteiger partial charge in [-0.3, -0.25) is 14.0 Å². The molecule has 2 aliphatic rings. The number of benzene rings is 3. The first-order chi connectivity index (χ1) is 18.8. The van der Waals surface area contributed by atoms with Crippen molar-refractivity contribution in [2.24, 2.45) is 0 Å². The first kappa shape index (κ1) is 27.0. The van der Waals surface area contributed by atoms with Gasteiger partial charge < -0.3 is 19.5 Å². The lowest BCUT2D eigenvalue weighted by molar-refractivity contribution is -0.127. The number of amides is 1. The lowest BCUT2D eigenvalue weighted by Gasteiger charge is -2.35. The third kappa shape index (κ3) is 6.19. The van der Waals surface area contributed by atoms with E-state index in [9.17, 15) is 13.2 Å². The fraction of sp³-hybridized carbons (Fsp3) is 0.345. The molecular formula is C29H33N3O6S. The Morgan fingerprint density at radius 1 is 1.00 bits per heavy atom. The molecule has 206 valence electrons. The molecule has 0 saturated carbocycles. The Bertz CT molecular complexity index is 1400. The number of rotatable bonds is 8. The average molecular weight is 552 g/mol. The predicted octanol–water partition coefficient (Wildman–Crippen LogP) is 3.11. The minimum Gasteiger partial charge on any atom is -0.497 e. The number of methoxy groups -OCH3 is 1. The highest BCUT2D eigenvalue weighted by molar-refractivity contribution is 7.92. The SMILES string of the molecule is COc1ccc(S(=O)(=O)N2C[C@H](C(=O)NCc3ccc(CN4CCOCC4)cc3)Oc3ccc(C)cc32)cc1. The Morgan fingerprint density at radius 3 is 2.38 bits per heavy atom. The molecular weight excluding hydrogens is 518 g/mol. The lowest BCUT2D eigenvalue weighted by atomic mass is 10.1. The van der Waals surface area contributed by atoms with E-state index in [0.29, 0.717) is 23.7 Å². The summed E-state index contributed by atoms with van der Waals surface area (Å²) in [4.78, 5) is 15.6. The van der Waals surface area contributed by atoms with E-state index in [0.717, 1.165) is 44.0 Å². The van der Waals surface area contributed by atoms with Crippen molar-refractivity contribution >= 4 is 21.6 Å². The van der Waals surface area contributed by atoms with Gasteiger partial charge in [0.2, 0.25) is 0 Å². The van der Waals surface area contributed by atoms with Gasteiger partial charge in [0.05, 0.1) is 37.5 Å². The maximum absolute atomic E-state index is 13.7. The molecule has 3 aromatic carbocycles. The van der Waals surface area contributed by atoms with Crippen LogP contribution in [-0.2, 0) is 32.6 Å². The number of hydrogen-bond donors (Lipinski definition) is 1. The van der Waals surface area contributed by atoms with Crippen LogP contribution in [0.4, 0.5) is 5.69 Å². The van der Waals surface area contributed by atoms with Crippen molar-refractivity contribution in [1.82, 2.24) is 10.2 Å². The fourth-order valence-electron chi connectivity index (χ4n) is 4.68. The molecule has 1 saturated heterocycles. The number of nitrogens with one attached hydrogen (secondary N) is 1. The molecule has 0 spiro atoms. The van der Waals surface area contributed by atoms with Gasteiger partial charge in [-0.2, -0.15) is 0 Å². The zero-order valence-electron chi connectivity index (χ0n) is 22.1. The monoisotopic (exact) mass is 551 g/mol. The molecule has 9 nitrogen and oxygen atoms in total. The van der Waals surface area contributed by atoms with Crippen molar-refractivity contribution in [3.63, 3.8) is 0 Å². The molecule has 1 amide bonds. The number of carbonyl (C=O) groups excluding carboxylic acids is 1. The second-order valence-corrected chi connectivity index (χ2v) is 11.6. The third-order valence-corrected chi connectivity index (χ3v) is 8.72. The number of nitrogens with zero attached hydrogens (tertiary/aromatic N) is 2. The van der Waals surface area contributed by atoms with Crippen molar-refractivity contribution in [3.05, 3.63) is 83.4 Å². The molecule has 1 atom stereocenters. The first-order valence-electron chi connectivity index (χ1n) is 12.9. The zero-order chi connectivity index (χ0) is 27.4. The average Bonchev–Trinajstić information content (AvgIpc) is 2.96. The molecule has 5 rings (SSSR count). The van der Waals surface area contributed by atoms with Crippen molar-refractivity contribution < 1.29 is 27.4 Å². The molecule has 3 aromatic rings. The maximum Gasteiger partial charge on any atom is 0.264 e. The quantitative estimate of drug-likeness (QED) is 0.460. The Balaban J connectivity index is 1.28. The van der Waals surface area contributed by atoms with Crippen LogP contribution in [0.3, 0.4) is 0 Å². The smallest absolute Gasteiger partial charge is 0.264 e. The molecule has 2 aliphatic heterocycles. The highest BCUT2D eigenvalue weighted by atomic mass is 32.2. The van der Waals surface area contributed by atoms with Crippen molar-refractivity contribution in [1.29, 1.82) is 0 Å². The summed E-state index contributed by atoms with van der Waals surface area (Å²) < 4.78 is 45.2. The zero-order valence-corrected chi connectivity index (χ0v) is 22.9. The Morgan fingerprint density at radius 2 is 1.69 bits per heavy atom. The van der Waals surface area contributed by atoms with Gasteiger partial charge in [0.15, 0.2) is 6.10 Å². The minimum atomic E-state index is -3.96. The number of anilines is 1. The minimum absolute atomic E-state index is 0.106. The van der Waals surface area contributed by atoms with Gasteiger partial charge >= 0.3 is 0 Å². The number of sulfonamides is 1. The van der Waals surface area contributed by atoms with E-state index < -0.39 is 16.1 Å². The fourth-order valence-corrected chi connectivity index (χ4v) is 6.15. The van der Waals surface area contributed by atoms with Crippen LogP contribution in [0.15, 0.2) is 71.6 Å². The number of ether oxygens (including phenoxy) is 3. The largest absolute Gasteiger partial charge is 0.497 e. The normalized spacial score (nSPS) is 17.7. The molecule has 10 heteroatoms. The van der Waals surface area contributed by atoms with E-state index in [1.165, 1.54) is 29.1 Å². The second kappa shape index (κ2) is 11.6. The predicted molar refractivity (Wildman–Crippen MR) is 148 cm³/mol. The molecule has 39 heavy (non-hydrogen) atoms. The van der Waals surface area contributed by atoms with Crippen LogP contribution < -0.4 is 19.1 Å². The molecule has 0 unspecified atom stereocenters. The van der Waals surface area contributed by atoms with E-state index in [1.807, 2.05) is 25.1 Å². The number of morpholine rings is 1. The van der Waals surface area contributed by atoms with Gasteiger partial charge in [0, 0.05) is 26.2 Å². The van der Waals surface area contributed by atoms with Crippen LogP contribution in [0.5, 0.6) is 11.5 Å². The van der Waals surface area contributed by atoms with Gasteiger partial charge in [-0.25, -0.2) is 8.42 Å². The molecule has 1 N–H and O–H groups in total. The van der Waals surface area contributed by atoms with Crippen LogP contribution in [0.1, 0.15) is 16.7 Å². The van der Waals surface area contributed by atoms with E-state index in [1.54, 1.807) is 24.3 Å². The van der Waals surface area contributed by atoms with Gasteiger partial charge in [-0.15, -0.1) is 0 Å². The molecule has 2 heterocycles. The van der Waals surface area contributed by atoms with Crippen LogP contribution in [0.25, 0.3) is 0 Å². The highest BCUT2D eigenvalue weighted by Crippen LogP contribution is 2.38. The van der Waals surface area contributed by atoms with Gasteiger partial charge in [0.1, 0.15) is 11.5 Å². The van der Waals surface area contributed by atoms with E-state index in [4.69, 9.17) is 14.2 Å². The number of carbonyl (C=O) groups is 1. The van der Waals surface area contributed by atoms with Gasteiger partial charge in [-0.05, 0) is 60.0 Å². The lowest BCUT2D eigenvalue weighted by Crippen LogP contribution is -2.50. The summed E-state index contributed by atoms with van der Waals surface area (Å²) in [5.41, 5.74) is 3.44. The van der Waals surface area contributed by atoms with Crippen molar-refractivity contribution in [2.75, 3.05) is 44.3 Å². The second-order valence-electron chi connectivity index (χ2n) is 9.71. The van der Waals surface area contributed by atoms with Gasteiger partial charge in [0.25, 0.3) is 15.9 Å². The van der Waals surface area contributed by atoms with Crippen molar-refractivity contribution in [2.45, 2.75) is 31.0 Å². The topological polar surface area (TPSA) is 97.4 Å². The molecule has 0 aliphatic carbocycles. The summed E-state index contributed by atoms with van der Waals surface area (Å²) in [6.07, 6.45) is -1.01. The summed E-state index contributed by atoms with van der Waals surface area (Å²) in [5.74, 6) is 0.517. The summed E-state index contributed by atoms with van der Waals surface area (Å²) in [6, 6.07) is 19.6. The van der Waals surface area contributed by atoms with E-state index in [-0.39, 0.29) is 17.3 Å². The molecule has 0 radical (unpaired) electrons. The van der Waals surface area contributed by atoms with Crippen LogP contribution in [-0.4, -0.2) is 65.3 Å². The standard InChI is InChI=1S/C29H33N3O6S/c1-21-3-12-27-26(17-21)32(39(34,35)25-10-8-24(36-2)9-11-25)20-28(38-27)29(33)30-18-22-4-6-23(7-5-22)19-31-13-15-37-16-14-31/h3-12,17,28H,13-16,18-20H2,1-2H3,(H,30,33)/t28-/m1/s1. The van der Waals surface area contributed by atoms with E-state index >= 15 is 0 Å². The number of aryl methyl sites for hydroxylation is 1. The molecule has 0 bridgehead atoms. The Kier molecular flexibility index (Phi) is 8.06. The molecule has 0 aromatic heterocycles. The summed E-state index contributed by atoms with van der Waals surface area (Å²) in [6.45, 7) is 6.27. The van der Waals surface area contributed by atoms with Crippen LogP contribution in [0, 0.1) is 6.92 Å². The number of fused-ring (bicyclic) bond motifs is 1.